The van der Waals surface area contributed by atoms with Crippen molar-refractivity contribution in [1.29, 1.82) is 0 Å². The number of ether oxygens (including phenoxy) is 1. The predicted molar refractivity (Wildman–Crippen MR) is 107 cm³/mol. The number of hydrogen-bond donors (Lipinski definition) is 1. The lowest BCUT2D eigenvalue weighted by Gasteiger charge is -2.06. The molecule has 3 aromatic rings. The maximum Gasteiger partial charge on any atom is 0.277 e. The monoisotopic (exact) mass is 422 g/mol. The number of rotatable bonds is 6. The average molecular weight is 424 g/mol. The second-order valence-electron chi connectivity index (χ2n) is 5.37. The van der Waals surface area contributed by atoms with Gasteiger partial charge in [0, 0.05) is 15.6 Å². The van der Waals surface area contributed by atoms with Crippen molar-refractivity contribution in [1.82, 2.24) is 5.43 Å². The highest BCUT2D eigenvalue weighted by atomic mass is 35.5. The normalized spacial score (nSPS) is 10.9. The smallest absolute Gasteiger partial charge is 0.277 e. The third-order valence-electron chi connectivity index (χ3n) is 3.37. The van der Waals surface area contributed by atoms with Gasteiger partial charge in [0.05, 0.1) is 11.2 Å². The van der Waals surface area contributed by atoms with Crippen LogP contribution in [0.4, 0.5) is 0 Å². The van der Waals surface area contributed by atoms with Crippen LogP contribution in [0.3, 0.4) is 0 Å². The summed E-state index contributed by atoms with van der Waals surface area (Å²) in [5.41, 5.74) is 3.19. The van der Waals surface area contributed by atoms with Crippen molar-refractivity contribution in [3.8, 4) is 17.1 Å². The molecule has 138 valence electrons. The Hall–Kier alpha value is -2.47. The highest BCUT2D eigenvalue weighted by molar-refractivity contribution is 6.35. The van der Waals surface area contributed by atoms with Crippen LogP contribution in [0.25, 0.3) is 11.3 Å². The second-order valence-corrected chi connectivity index (χ2v) is 6.65. The van der Waals surface area contributed by atoms with Crippen LogP contribution in [0.2, 0.25) is 15.1 Å². The quantitative estimate of drug-likeness (QED) is 0.424. The predicted octanol–water partition coefficient (Wildman–Crippen LogP) is 5.44. The SMILES string of the molecule is O=C(COc1ccc(Cl)cc1Cl)NN=Cc1ccc(-c2cccc(Cl)c2)o1. The summed E-state index contributed by atoms with van der Waals surface area (Å²) in [6.45, 7) is -0.245. The van der Waals surface area contributed by atoms with Gasteiger partial charge in [-0.1, -0.05) is 46.9 Å². The Labute approximate surface area is 170 Å². The maximum absolute atomic E-state index is 11.8. The molecule has 1 amide bonds. The van der Waals surface area contributed by atoms with Crippen molar-refractivity contribution >= 4 is 46.9 Å². The molecule has 0 atom stereocenters. The zero-order valence-electron chi connectivity index (χ0n) is 13.8. The van der Waals surface area contributed by atoms with Crippen LogP contribution in [-0.2, 0) is 4.79 Å². The van der Waals surface area contributed by atoms with E-state index in [1.165, 1.54) is 12.3 Å². The first kappa shape index (κ1) is 19.3. The Morgan fingerprint density at radius 1 is 1.07 bits per heavy atom. The molecule has 0 saturated heterocycles. The van der Waals surface area contributed by atoms with Gasteiger partial charge in [-0.15, -0.1) is 0 Å². The fourth-order valence-corrected chi connectivity index (χ4v) is 2.81. The average Bonchev–Trinajstić information content (AvgIpc) is 3.10. The van der Waals surface area contributed by atoms with E-state index in [0.29, 0.717) is 32.3 Å². The molecule has 0 aliphatic rings. The van der Waals surface area contributed by atoms with Crippen LogP contribution in [0.5, 0.6) is 5.75 Å². The Bertz CT molecular complexity index is 986. The summed E-state index contributed by atoms with van der Waals surface area (Å²) in [5.74, 6) is 1.04. The number of carbonyl (C=O) groups excluding carboxylic acids is 1. The third-order valence-corrected chi connectivity index (χ3v) is 4.14. The molecule has 0 radical (unpaired) electrons. The summed E-state index contributed by atoms with van der Waals surface area (Å²) in [4.78, 5) is 11.8. The lowest BCUT2D eigenvalue weighted by Crippen LogP contribution is -2.24. The van der Waals surface area contributed by atoms with E-state index in [1.54, 1.807) is 36.4 Å². The third kappa shape index (κ3) is 5.50. The summed E-state index contributed by atoms with van der Waals surface area (Å²) < 4.78 is 11.0. The first-order valence-electron chi connectivity index (χ1n) is 7.77. The van der Waals surface area contributed by atoms with Crippen LogP contribution in [0.1, 0.15) is 5.76 Å². The minimum Gasteiger partial charge on any atom is -0.482 e. The number of halogens is 3. The van der Waals surface area contributed by atoms with Crippen LogP contribution in [-0.4, -0.2) is 18.7 Å². The topological polar surface area (TPSA) is 63.8 Å². The van der Waals surface area contributed by atoms with Crippen LogP contribution in [0, 0.1) is 0 Å². The number of benzene rings is 2. The highest BCUT2D eigenvalue weighted by Gasteiger charge is 2.07. The van der Waals surface area contributed by atoms with Crippen LogP contribution >= 0.6 is 34.8 Å². The standard InChI is InChI=1S/C19H13Cl3N2O3/c20-13-3-1-2-12(8-13)17-7-5-15(27-17)10-23-24-19(25)11-26-18-6-4-14(21)9-16(18)22/h1-10H,11H2,(H,24,25). The molecular weight excluding hydrogens is 411 g/mol. The van der Waals surface area contributed by atoms with Crippen molar-refractivity contribution in [3.05, 3.63) is 75.4 Å². The summed E-state index contributed by atoms with van der Waals surface area (Å²) in [7, 11) is 0. The van der Waals surface area contributed by atoms with E-state index in [4.69, 9.17) is 44.0 Å². The van der Waals surface area contributed by atoms with Gasteiger partial charge < -0.3 is 9.15 Å². The molecule has 5 nitrogen and oxygen atoms in total. The van der Waals surface area contributed by atoms with Gasteiger partial charge in [0.25, 0.3) is 5.91 Å². The molecule has 3 rings (SSSR count). The van der Waals surface area contributed by atoms with E-state index in [9.17, 15) is 4.79 Å². The van der Waals surface area contributed by atoms with E-state index >= 15 is 0 Å². The summed E-state index contributed by atoms with van der Waals surface area (Å²) in [5, 5.41) is 5.26. The van der Waals surface area contributed by atoms with Gasteiger partial charge in [0.15, 0.2) is 6.61 Å². The molecule has 0 aliphatic carbocycles. The summed E-state index contributed by atoms with van der Waals surface area (Å²) >= 11 is 17.7. The molecule has 0 bridgehead atoms. The molecule has 1 heterocycles. The van der Waals surface area contributed by atoms with Gasteiger partial charge in [-0.25, -0.2) is 5.43 Å². The first-order chi connectivity index (χ1) is 13.0. The number of nitrogens with one attached hydrogen (secondary N) is 1. The van der Waals surface area contributed by atoms with E-state index in [2.05, 4.69) is 10.5 Å². The number of hydrogen-bond acceptors (Lipinski definition) is 4. The number of carbonyl (C=O) groups is 1. The molecule has 1 aromatic heterocycles. The first-order valence-corrected chi connectivity index (χ1v) is 8.90. The zero-order chi connectivity index (χ0) is 19.2. The molecular formula is C19H13Cl3N2O3. The molecule has 0 saturated carbocycles. The van der Waals surface area contributed by atoms with Crippen molar-refractivity contribution in [2.45, 2.75) is 0 Å². The second kappa shape index (κ2) is 8.95. The van der Waals surface area contributed by atoms with E-state index < -0.39 is 5.91 Å². The van der Waals surface area contributed by atoms with Crippen molar-refractivity contribution in [3.63, 3.8) is 0 Å². The van der Waals surface area contributed by atoms with E-state index in [0.717, 1.165) is 5.56 Å². The number of amides is 1. The van der Waals surface area contributed by atoms with Gasteiger partial charge >= 0.3 is 0 Å². The molecule has 27 heavy (non-hydrogen) atoms. The zero-order valence-corrected chi connectivity index (χ0v) is 16.1. The molecule has 2 aromatic carbocycles. The van der Waals surface area contributed by atoms with Gasteiger partial charge in [0.1, 0.15) is 17.3 Å². The molecule has 0 spiro atoms. The minimum absolute atomic E-state index is 0.245. The molecule has 0 aliphatic heterocycles. The Morgan fingerprint density at radius 3 is 2.67 bits per heavy atom. The van der Waals surface area contributed by atoms with E-state index in [1.807, 2.05) is 12.1 Å². The van der Waals surface area contributed by atoms with Crippen molar-refractivity contribution < 1.29 is 13.9 Å². The molecule has 1 N–H and O–H groups in total. The number of nitrogens with zero attached hydrogens (tertiary/aromatic N) is 1. The van der Waals surface area contributed by atoms with Gasteiger partial charge in [-0.3, -0.25) is 4.79 Å². The van der Waals surface area contributed by atoms with Crippen molar-refractivity contribution in [2.24, 2.45) is 5.10 Å². The summed E-state index contributed by atoms with van der Waals surface area (Å²) in [6, 6.07) is 15.6. The Kier molecular flexibility index (Phi) is 6.40. The maximum atomic E-state index is 11.8. The van der Waals surface area contributed by atoms with Crippen LogP contribution in [0.15, 0.2) is 64.1 Å². The largest absolute Gasteiger partial charge is 0.482 e. The van der Waals surface area contributed by atoms with Gasteiger partial charge in [0.2, 0.25) is 0 Å². The minimum atomic E-state index is -0.445. The van der Waals surface area contributed by atoms with Crippen molar-refractivity contribution in [2.75, 3.05) is 6.61 Å². The number of furan rings is 1. The van der Waals surface area contributed by atoms with Gasteiger partial charge in [-0.05, 0) is 42.5 Å². The lowest BCUT2D eigenvalue weighted by molar-refractivity contribution is -0.123. The molecule has 0 fully saturated rings. The summed E-state index contributed by atoms with van der Waals surface area (Å²) in [6.07, 6.45) is 1.39. The fraction of sp³-hybridized carbons (Fsp3) is 0.0526. The molecule has 8 heteroatoms. The molecule has 0 unspecified atom stereocenters. The lowest BCUT2D eigenvalue weighted by atomic mass is 10.2. The Morgan fingerprint density at radius 2 is 1.89 bits per heavy atom. The van der Waals surface area contributed by atoms with Gasteiger partial charge in [-0.2, -0.15) is 5.10 Å². The van der Waals surface area contributed by atoms with E-state index in [-0.39, 0.29) is 6.61 Å². The Balaban J connectivity index is 1.52. The number of hydrazone groups is 1. The fourth-order valence-electron chi connectivity index (χ4n) is 2.15. The highest BCUT2D eigenvalue weighted by Crippen LogP contribution is 2.27. The van der Waals surface area contributed by atoms with Crippen LogP contribution < -0.4 is 10.2 Å².